The monoisotopic (exact) mass is 352 g/mol. The molecule has 3 N–H and O–H groups in total. The average molecular weight is 354 g/mol. The summed E-state index contributed by atoms with van der Waals surface area (Å²) in [5, 5.41) is 0.692. The number of hydrogen-bond donors (Lipinski definition) is 2. The Morgan fingerprint density at radius 2 is 1.85 bits per heavy atom. The Morgan fingerprint density at radius 3 is 2.40 bits per heavy atom. The molecule has 20 heavy (non-hydrogen) atoms. The van der Waals surface area contributed by atoms with Gasteiger partial charge in [0.2, 0.25) is 0 Å². The Hall–Kier alpha value is -0.870. The fourth-order valence-electron chi connectivity index (χ4n) is 2.29. The maximum Gasteiger partial charge on any atom is 0.0711 e. The Labute approximate surface area is 133 Å². The first-order chi connectivity index (χ1) is 9.63. The number of halogens is 2. The summed E-state index contributed by atoms with van der Waals surface area (Å²) in [6.07, 6.45) is 2.25. The number of aryl methyl sites for hydroxylation is 1. The normalized spacial score (nSPS) is 12.4. The average Bonchev–Trinajstić information content (AvgIpc) is 2.41. The third-order valence-corrected chi connectivity index (χ3v) is 3.91. The zero-order chi connectivity index (χ0) is 14.5. The van der Waals surface area contributed by atoms with Gasteiger partial charge in [-0.1, -0.05) is 65.1 Å². The summed E-state index contributed by atoms with van der Waals surface area (Å²) in [6.45, 7) is 2.18. The molecule has 0 aliphatic rings. The predicted octanol–water partition coefficient (Wildman–Crippen LogP) is 4.61. The summed E-state index contributed by atoms with van der Waals surface area (Å²) in [6, 6.07) is 14.3. The fraction of sp³-hybridized carbons (Fsp3) is 0.250. The van der Waals surface area contributed by atoms with Gasteiger partial charge in [0.1, 0.15) is 0 Å². The Balaban J connectivity index is 2.31. The highest BCUT2D eigenvalue weighted by atomic mass is 79.9. The van der Waals surface area contributed by atoms with E-state index >= 15 is 0 Å². The molecule has 0 saturated heterocycles. The fourth-order valence-corrected chi connectivity index (χ4v) is 3.18. The van der Waals surface area contributed by atoms with Gasteiger partial charge in [-0.15, -0.1) is 0 Å². The standard InChI is InChI=1S/C16H18BrClN2/c1-2-3-11-4-6-12(7-5-11)16(20-19)13-8-14(17)10-15(18)9-13/h4-10,16,20H,2-3,19H2,1H3. The van der Waals surface area contributed by atoms with Crippen molar-refractivity contribution in [2.24, 2.45) is 5.84 Å². The van der Waals surface area contributed by atoms with E-state index in [2.05, 4.69) is 52.5 Å². The molecule has 0 aromatic heterocycles. The topological polar surface area (TPSA) is 38.0 Å². The van der Waals surface area contributed by atoms with Gasteiger partial charge in [0.15, 0.2) is 0 Å². The maximum atomic E-state index is 6.11. The van der Waals surface area contributed by atoms with Crippen molar-refractivity contribution in [3.05, 3.63) is 68.7 Å². The molecule has 0 aliphatic heterocycles. The van der Waals surface area contributed by atoms with Gasteiger partial charge in [0, 0.05) is 9.50 Å². The highest BCUT2D eigenvalue weighted by Gasteiger charge is 2.13. The third kappa shape index (κ3) is 3.83. The molecule has 106 valence electrons. The van der Waals surface area contributed by atoms with Gasteiger partial charge >= 0.3 is 0 Å². The van der Waals surface area contributed by atoms with Crippen molar-refractivity contribution in [3.63, 3.8) is 0 Å². The summed E-state index contributed by atoms with van der Waals surface area (Å²) in [5.41, 5.74) is 6.37. The molecular formula is C16H18BrClN2. The molecule has 1 atom stereocenters. The van der Waals surface area contributed by atoms with Crippen molar-refractivity contribution in [1.29, 1.82) is 0 Å². The lowest BCUT2D eigenvalue weighted by Crippen LogP contribution is -2.28. The minimum absolute atomic E-state index is 0.0688. The molecule has 0 fully saturated rings. The first-order valence-corrected chi connectivity index (χ1v) is 7.82. The summed E-state index contributed by atoms with van der Waals surface area (Å²) in [4.78, 5) is 0. The van der Waals surface area contributed by atoms with Crippen LogP contribution in [0.3, 0.4) is 0 Å². The van der Waals surface area contributed by atoms with Crippen LogP contribution in [0.1, 0.15) is 36.1 Å². The highest BCUT2D eigenvalue weighted by molar-refractivity contribution is 9.10. The van der Waals surface area contributed by atoms with Gasteiger partial charge in [-0.2, -0.15) is 0 Å². The van der Waals surface area contributed by atoms with Gasteiger partial charge in [0.25, 0.3) is 0 Å². The van der Waals surface area contributed by atoms with Crippen LogP contribution in [0.15, 0.2) is 46.9 Å². The summed E-state index contributed by atoms with van der Waals surface area (Å²) >= 11 is 9.57. The van der Waals surface area contributed by atoms with Crippen molar-refractivity contribution in [1.82, 2.24) is 5.43 Å². The molecule has 2 rings (SSSR count). The molecule has 0 aliphatic carbocycles. The summed E-state index contributed by atoms with van der Waals surface area (Å²) in [7, 11) is 0. The SMILES string of the molecule is CCCc1ccc(C(NN)c2cc(Cl)cc(Br)c2)cc1. The first kappa shape index (κ1) is 15.5. The second-order valence-corrected chi connectivity index (χ2v) is 6.15. The summed E-state index contributed by atoms with van der Waals surface area (Å²) < 4.78 is 0.947. The number of nitrogens with two attached hydrogens (primary N) is 1. The maximum absolute atomic E-state index is 6.11. The Morgan fingerprint density at radius 1 is 1.15 bits per heavy atom. The van der Waals surface area contributed by atoms with Crippen molar-refractivity contribution in [2.45, 2.75) is 25.8 Å². The van der Waals surface area contributed by atoms with Crippen LogP contribution in [0.5, 0.6) is 0 Å². The molecule has 1 unspecified atom stereocenters. The zero-order valence-corrected chi connectivity index (χ0v) is 13.7. The molecule has 2 aromatic rings. The number of hydrogen-bond acceptors (Lipinski definition) is 2. The van der Waals surface area contributed by atoms with Crippen LogP contribution in [0.2, 0.25) is 5.02 Å². The van der Waals surface area contributed by atoms with Crippen LogP contribution in [-0.4, -0.2) is 0 Å². The molecular weight excluding hydrogens is 336 g/mol. The van der Waals surface area contributed by atoms with Gasteiger partial charge in [0.05, 0.1) is 6.04 Å². The third-order valence-electron chi connectivity index (χ3n) is 3.24. The molecule has 0 bridgehead atoms. The Kier molecular flexibility index (Phi) is 5.61. The second kappa shape index (κ2) is 7.23. The quantitative estimate of drug-likeness (QED) is 0.608. The lowest BCUT2D eigenvalue weighted by atomic mass is 9.97. The van der Waals surface area contributed by atoms with Gasteiger partial charge in [-0.05, 0) is 41.3 Å². The predicted molar refractivity (Wildman–Crippen MR) is 88.8 cm³/mol. The minimum atomic E-state index is -0.0688. The molecule has 0 spiro atoms. The molecule has 0 radical (unpaired) electrons. The van der Waals surface area contributed by atoms with E-state index in [0.717, 1.165) is 28.4 Å². The molecule has 0 heterocycles. The van der Waals surface area contributed by atoms with Gasteiger partial charge in [-0.25, -0.2) is 5.43 Å². The van der Waals surface area contributed by atoms with Gasteiger partial charge in [-0.3, -0.25) is 5.84 Å². The molecule has 0 amide bonds. The van der Waals surface area contributed by atoms with E-state index in [-0.39, 0.29) is 6.04 Å². The van der Waals surface area contributed by atoms with Crippen LogP contribution in [0, 0.1) is 0 Å². The number of hydrazine groups is 1. The van der Waals surface area contributed by atoms with Crippen LogP contribution >= 0.6 is 27.5 Å². The zero-order valence-electron chi connectivity index (χ0n) is 11.4. The van der Waals surface area contributed by atoms with E-state index in [1.165, 1.54) is 5.56 Å². The van der Waals surface area contributed by atoms with E-state index in [9.17, 15) is 0 Å². The molecule has 4 heteroatoms. The number of rotatable bonds is 5. The smallest absolute Gasteiger partial charge is 0.0711 e. The lowest BCUT2D eigenvalue weighted by molar-refractivity contribution is 0.636. The van der Waals surface area contributed by atoms with E-state index in [1.807, 2.05) is 18.2 Å². The van der Waals surface area contributed by atoms with Crippen LogP contribution < -0.4 is 11.3 Å². The van der Waals surface area contributed by atoms with Crippen molar-refractivity contribution < 1.29 is 0 Å². The summed E-state index contributed by atoms with van der Waals surface area (Å²) in [5.74, 6) is 5.73. The number of benzene rings is 2. The van der Waals surface area contributed by atoms with Crippen LogP contribution in [0.4, 0.5) is 0 Å². The van der Waals surface area contributed by atoms with Crippen molar-refractivity contribution >= 4 is 27.5 Å². The number of nitrogens with one attached hydrogen (secondary N) is 1. The van der Waals surface area contributed by atoms with E-state index in [0.29, 0.717) is 5.02 Å². The van der Waals surface area contributed by atoms with Crippen LogP contribution in [0.25, 0.3) is 0 Å². The molecule has 2 nitrogen and oxygen atoms in total. The van der Waals surface area contributed by atoms with E-state index < -0.39 is 0 Å². The van der Waals surface area contributed by atoms with E-state index in [4.69, 9.17) is 17.4 Å². The first-order valence-electron chi connectivity index (χ1n) is 6.65. The largest absolute Gasteiger partial charge is 0.271 e. The lowest BCUT2D eigenvalue weighted by Gasteiger charge is -2.18. The van der Waals surface area contributed by atoms with Crippen molar-refractivity contribution in [3.8, 4) is 0 Å². The van der Waals surface area contributed by atoms with Crippen molar-refractivity contribution in [2.75, 3.05) is 0 Å². The van der Waals surface area contributed by atoms with Crippen LogP contribution in [-0.2, 0) is 6.42 Å². The highest BCUT2D eigenvalue weighted by Crippen LogP contribution is 2.27. The molecule has 0 saturated carbocycles. The second-order valence-electron chi connectivity index (χ2n) is 4.79. The molecule has 2 aromatic carbocycles. The van der Waals surface area contributed by atoms with E-state index in [1.54, 1.807) is 0 Å². The van der Waals surface area contributed by atoms with Gasteiger partial charge < -0.3 is 0 Å². The Bertz CT molecular complexity index is 549. The minimum Gasteiger partial charge on any atom is -0.271 e.